The summed E-state index contributed by atoms with van der Waals surface area (Å²) in [7, 11) is 0. The molecule has 62 valence electrons. The van der Waals surface area contributed by atoms with E-state index in [4.69, 9.17) is 23.2 Å². The molecule has 11 heavy (non-hydrogen) atoms. The Kier molecular flexibility index (Phi) is 2.45. The number of carbonyl (C=O) groups is 1. The van der Waals surface area contributed by atoms with E-state index in [2.05, 4.69) is 0 Å². The fraction of sp³-hybridized carbons (Fsp3) is 0.571. The standard InChI is InChI=1S/C7H9Cl2NO/c1-3-10-4(2)5(8)6(9)7(10)11/h4H,3H2,1-2H3. The molecule has 1 atom stereocenters. The molecule has 1 amide bonds. The van der Waals surface area contributed by atoms with Crippen LogP contribution in [-0.4, -0.2) is 23.4 Å². The van der Waals surface area contributed by atoms with Gasteiger partial charge >= 0.3 is 0 Å². The Bertz CT molecular complexity index is 224. The van der Waals surface area contributed by atoms with Crippen LogP contribution in [0, 0.1) is 0 Å². The molecule has 0 aliphatic carbocycles. The van der Waals surface area contributed by atoms with Crippen molar-refractivity contribution in [2.45, 2.75) is 19.9 Å². The highest BCUT2D eigenvalue weighted by atomic mass is 35.5. The fourth-order valence-corrected chi connectivity index (χ4v) is 1.61. The SMILES string of the molecule is CCN1C(=O)C(Cl)=C(Cl)C1C. The summed E-state index contributed by atoms with van der Waals surface area (Å²) in [5, 5.41) is 0.625. The van der Waals surface area contributed by atoms with Crippen molar-refractivity contribution >= 4 is 29.1 Å². The summed E-state index contributed by atoms with van der Waals surface area (Å²) in [4.78, 5) is 12.8. The average molecular weight is 194 g/mol. The maximum atomic E-state index is 11.2. The summed E-state index contributed by atoms with van der Waals surface area (Å²) in [6.07, 6.45) is 0. The van der Waals surface area contributed by atoms with E-state index >= 15 is 0 Å². The number of nitrogens with zero attached hydrogens (tertiary/aromatic N) is 1. The summed E-state index contributed by atoms with van der Waals surface area (Å²) in [5.41, 5.74) is 0. The van der Waals surface area contributed by atoms with Crippen molar-refractivity contribution in [3.63, 3.8) is 0 Å². The predicted octanol–water partition coefficient (Wildman–Crippen LogP) is 1.93. The molecule has 0 aromatic rings. The minimum absolute atomic E-state index is 0.0540. The van der Waals surface area contributed by atoms with Crippen molar-refractivity contribution in [1.82, 2.24) is 4.90 Å². The number of amides is 1. The second-order valence-corrected chi connectivity index (χ2v) is 3.21. The van der Waals surface area contributed by atoms with E-state index in [-0.39, 0.29) is 17.0 Å². The molecule has 0 spiro atoms. The van der Waals surface area contributed by atoms with E-state index in [1.807, 2.05) is 13.8 Å². The lowest BCUT2D eigenvalue weighted by molar-refractivity contribution is -0.125. The van der Waals surface area contributed by atoms with Gasteiger partial charge in [-0.1, -0.05) is 23.2 Å². The maximum Gasteiger partial charge on any atom is 0.267 e. The number of hydrogen-bond acceptors (Lipinski definition) is 1. The van der Waals surface area contributed by atoms with Crippen LogP contribution < -0.4 is 0 Å². The number of halogens is 2. The molecule has 4 heteroatoms. The smallest absolute Gasteiger partial charge is 0.267 e. The molecule has 0 N–H and O–H groups in total. The molecule has 1 aliphatic heterocycles. The minimum Gasteiger partial charge on any atom is -0.330 e. The van der Waals surface area contributed by atoms with Gasteiger partial charge in [-0.3, -0.25) is 4.79 Å². The lowest BCUT2D eigenvalue weighted by atomic mass is 10.3. The van der Waals surface area contributed by atoms with Crippen LogP contribution in [0.25, 0.3) is 0 Å². The van der Waals surface area contributed by atoms with E-state index in [0.717, 1.165) is 0 Å². The third-order valence-corrected chi connectivity index (χ3v) is 2.80. The van der Waals surface area contributed by atoms with Crippen molar-refractivity contribution in [2.75, 3.05) is 6.54 Å². The molecular formula is C7H9Cl2NO. The molecular weight excluding hydrogens is 185 g/mol. The lowest BCUT2D eigenvalue weighted by Crippen LogP contribution is -2.32. The van der Waals surface area contributed by atoms with Gasteiger partial charge in [0.15, 0.2) is 0 Å². The van der Waals surface area contributed by atoms with Crippen molar-refractivity contribution in [3.8, 4) is 0 Å². The molecule has 0 radical (unpaired) electrons. The van der Waals surface area contributed by atoms with E-state index < -0.39 is 0 Å². The van der Waals surface area contributed by atoms with Crippen LogP contribution in [0.15, 0.2) is 10.1 Å². The van der Waals surface area contributed by atoms with Gasteiger partial charge in [-0.25, -0.2) is 0 Å². The summed E-state index contributed by atoms with van der Waals surface area (Å²) < 4.78 is 0. The van der Waals surface area contributed by atoms with Gasteiger partial charge < -0.3 is 4.90 Å². The van der Waals surface area contributed by atoms with Crippen LogP contribution in [0.3, 0.4) is 0 Å². The molecule has 1 rings (SSSR count). The van der Waals surface area contributed by atoms with E-state index in [1.165, 1.54) is 0 Å². The van der Waals surface area contributed by atoms with Gasteiger partial charge in [-0.2, -0.15) is 0 Å². The Labute approximate surface area is 75.8 Å². The highest BCUT2D eigenvalue weighted by Gasteiger charge is 2.33. The summed E-state index contributed by atoms with van der Waals surface area (Å²) >= 11 is 11.4. The fourth-order valence-electron chi connectivity index (χ4n) is 1.14. The Balaban J connectivity index is 2.92. The number of hydrogen-bond donors (Lipinski definition) is 0. The zero-order valence-electron chi connectivity index (χ0n) is 6.40. The van der Waals surface area contributed by atoms with Crippen molar-refractivity contribution in [1.29, 1.82) is 0 Å². The molecule has 1 unspecified atom stereocenters. The first kappa shape index (κ1) is 8.88. The van der Waals surface area contributed by atoms with Gasteiger partial charge in [0.25, 0.3) is 5.91 Å². The monoisotopic (exact) mass is 193 g/mol. The molecule has 0 saturated heterocycles. The van der Waals surface area contributed by atoms with Crippen molar-refractivity contribution < 1.29 is 4.79 Å². The maximum absolute atomic E-state index is 11.2. The summed E-state index contributed by atoms with van der Waals surface area (Å²) in [6.45, 7) is 4.40. The third kappa shape index (κ3) is 1.25. The zero-order chi connectivity index (χ0) is 8.59. The topological polar surface area (TPSA) is 20.3 Å². The normalized spacial score (nSPS) is 25.3. The molecule has 2 nitrogen and oxygen atoms in total. The third-order valence-electron chi connectivity index (χ3n) is 1.83. The Morgan fingerprint density at radius 2 is 2.09 bits per heavy atom. The van der Waals surface area contributed by atoms with Gasteiger partial charge in [0.2, 0.25) is 0 Å². The van der Waals surface area contributed by atoms with Crippen LogP contribution in [0.5, 0.6) is 0 Å². The first-order valence-corrected chi connectivity index (χ1v) is 4.21. The van der Waals surface area contributed by atoms with E-state index in [1.54, 1.807) is 4.90 Å². The average Bonchev–Trinajstić information content (AvgIpc) is 2.17. The van der Waals surface area contributed by atoms with Crippen LogP contribution in [0.4, 0.5) is 0 Å². The van der Waals surface area contributed by atoms with Gasteiger partial charge in [0.1, 0.15) is 5.03 Å². The Morgan fingerprint density at radius 1 is 1.55 bits per heavy atom. The van der Waals surface area contributed by atoms with Crippen molar-refractivity contribution in [2.24, 2.45) is 0 Å². The second-order valence-electron chi connectivity index (χ2n) is 2.43. The number of carbonyl (C=O) groups excluding carboxylic acids is 1. The minimum atomic E-state index is -0.160. The largest absolute Gasteiger partial charge is 0.330 e. The zero-order valence-corrected chi connectivity index (χ0v) is 7.91. The molecule has 1 aliphatic rings. The molecule has 0 aromatic carbocycles. The Hall–Kier alpha value is -0.210. The first-order chi connectivity index (χ1) is 5.09. The number of likely N-dealkylation sites (N-methyl/N-ethyl adjacent to an activating group) is 1. The molecule has 1 heterocycles. The summed E-state index contributed by atoms with van der Waals surface area (Å²) in [6, 6.07) is -0.0540. The Morgan fingerprint density at radius 3 is 2.27 bits per heavy atom. The highest BCUT2D eigenvalue weighted by molar-refractivity contribution is 6.49. The van der Waals surface area contributed by atoms with E-state index in [0.29, 0.717) is 11.6 Å². The van der Waals surface area contributed by atoms with E-state index in [9.17, 15) is 4.79 Å². The van der Waals surface area contributed by atoms with Gasteiger partial charge in [-0.15, -0.1) is 0 Å². The molecule has 0 aromatic heterocycles. The van der Waals surface area contributed by atoms with Crippen LogP contribution in [-0.2, 0) is 4.79 Å². The lowest BCUT2D eigenvalue weighted by Gasteiger charge is -2.19. The highest BCUT2D eigenvalue weighted by Crippen LogP contribution is 2.30. The molecule has 0 fully saturated rings. The molecule has 0 bridgehead atoms. The van der Waals surface area contributed by atoms with Gasteiger partial charge in [0, 0.05) is 6.54 Å². The van der Waals surface area contributed by atoms with Crippen molar-refractivity contribution in [3.05, 3.63) is 10.1 Å². The van der Waals surface area contributed by atoms with Crippen LogP contribution in [0.2, 0.25) is 0 Å². The van der Waals surface area contributed by atoms with Crippen LogP contribution >= 0.6 is 23.2 Å². The quantitative estimate of drug-likeness (QED) is 0.624. The second kappa shape index (κ2) is 3.03. The summed E-state index contributed by atoms with van der Waals surface area (Å²) in [5.74, 6) is -0.160. The van der Waals surface area contributed by atoms with Crippen LogP contribution in [0.1, 0.15) is 13.8 Å². The van der Waals surface area contributed by atoms with Gasteiger partial charge in [-0.05, 0) is 13.8 Å². The number of rotatable bonds is 1. The van der Waals surface area contributed by atoms with Gasteiger partial charge in [0.05, 0.1) is 11.1 Å². The molecule has 0 saturated carbocycles. The predicted molar refractivity (Wildman–Crippen MR) is 45.6 cm³/mol. The first-order valence-electron chi connectivity index (χ1n) is 3.45.